The van der Waals surface area contributed by atoms with E-state index >= 15 is 0 Å². The summed E-state index contributed by atoms with van der Waals surface area (Å²) in [7, 11) is 0. The van der Waals surface area contributed by atoms with Gasteiger partial charge in [-0.05, 0) is 12.1 Å². The van der Waals surface area contributed by atoms with Crippen LogP contribution in [0.1, 0.15) is 13.3 Å². The lowest BCUT2D eigenvalue weighted by atomic mass is 10.2. The maximum atomic E-state index is 10.9. The second-order valence-electron chi connectivity index (χ2n) is 4.02. The Balaban J connectivity index is 2.04. The molecule has 0 atom stereocenters. The molecule has 0 bridgehead atoms. The molecule has 0 aliphatic heterocycles. The molecule has 104 valence electrons. The van der Waals surface area contributed by atoms with Crippen molar-refractivity contribution in [3.63, 3.8) is 0 Å². The quantitative estimate of drug-likeness (QED) is 0.389. The van der Waals surface area contributed by atoms with Gasteiger partial charge in [0, 0.05) is 18.0 Å². The molecule has 2 aromatic rings. The molecule has 0 saturated heterocycles. The number of carbonyl (C=O) groups is 1. The number of oxime groups is 1. The fourth-order valence-corrected chi connectivity index (χ4v) is 1.54. The number of carbonyl (C=O) groups excluding carboxylic acids is 1. The van der Waals surface area contributed by atoms with Crippen LogP contribution in [0.15, 0.2) is 41.7 Å². The van der Waals surface area contributed by atoms with Crippen LogP contribution >= 0.6 is 0 Å². The van der Waals surface area contributed by atoms with E-state index in [1.807, 2.05) is 24.3 Å². The van der Waals surface area contributed by atoms with E-state index in [1.165, 1.54) is 0 Å². The minimum atomic E-state index is -0.445. The molecule has 2 rings (SSSR count). The van der Waals surface area contributed by atoms with Crippen LogP contribution in [0.4, 0.5) is 0 Å². The van der Waals surface area contributed by atoms with Gasteiger partial charge in [-0.2, -0.15) is 0 Å². The molecule has 1 aromatic carbocycles. The van der Waals surface area contributed by atoms with E-state index in [4.69, 9.17) is 10.5 Å². The number of para-hydroxylation sites is 1. The third-order valence-electron chi connectivity index (χ3n) is 2.52. The molecule has 20 heavy (non-hydrogen) atoms. The van der Waals surface area contributed by atoms with Gasteiger partial charge in [0.15, 0.2) is 5.84 Å². The molecule has 6 heteroatoms. The van der Waals surface area contributed by atoms with Gasteiger partial charge in [0.05, 0.1) is 0 Å². The van der Waals surface area contributed by atoms with Crippen LogP contribution in [0.3, 0.4) is 0 Å². The average molecular weight is 273 g/mol. The van der Waals surface area contributed by atoms with Crippen LogP contribution < -0.4 is 10.5 Å². The van der Waals surface area contributed by atoms with Gasteiger partial charge >= 0.3 is 5.97 Å². The second-order valence-corrected chi connectivity index (χ2v) is 4.02. The summed E-state index contributed by atoms with van der Waals surface area (Å²) in [4.78, 5) is 19.7. The van der Waals surface area contributed by atoms with E-state index in [2.05, 4.69) is 15.0 Å². The molecule has 0 radical (unpaired) electrons. The van der Waals surface area contributed by atoms with E-state index in [-0.39, 0.29) is 18.9 Å². The maximum Gasteiger partial charge on any atom is 0.334 e. The standard InChI is InChI=1S/C14H15N3O3/c1-2-13(18)20-17-12(15)9-19-11-7-3-5-10-6-4-8-16-14(10)11/h3-8H,2,9H2,1H3,(H2,15,17). The zero-order valence-electron chi connectivity index (χ0n) is 11.1. The number of nitrogens with two attached hydrogens (primary N) is 1. The molecule has 2 N–H and O–H groups in total. The van der Waals surface area contributed by atoms with E-state index in [0.717, 1.165) is 10.9 Å². The van der Waals surface area contributed by atoms with Crippen molar-refractivity contribution in [3.05, 3.63) is 36.5 Å². The first-order valence-electron chi connectivity index (χ1n) is 6.19. The molecule has 0 unspecified atom stereocenters. The number of pyridine rings is 1. The number of fused-ring (bicyclic) bond motifs is 1. The van der Waals surface area contributed by atoms with Gasteiger partial charge in [0.2, 0.25) is 0 Å². The van der Waals surface area contributed by atoms with Gasteiger partial charge in [-0.25, -0.2) is 4.79 Å². The molecular weight excluding hydrogens is 258 g/mol. The fourth-order valence-electron chi connectivity index (χ4n) is 1.54. The van der Waals surface area contributed by atoms with Crippen molar-refractivity contribution >= 4 is 22.7 Å². The van der Waals surface area contributed by atoms with Crippen LogP contribution in [0, 0.1) is 0 Å². The summed E-state index contributed by atoms with van der Waals surface area (Å²) in [6.07, 6.45) is 1.93. The van der Waals surface area contributed by atoms with Crippen LogP contribution in [0.5, 0.6) is 5.75 Å². The highest BCUT2D eigenvalue weighted by Gasteiger charge is 2.04. The summed E-state index contributed by atoms with van der Waals surface area (Å²) in [5, 5.41) is 4.46. The molecular formula is C14H15N3O3. The Kier molecular flexibility index (Phi) is 4.49. The van der Waals surface area contributed by atoms with E-state index < -0.39 is 5.97 Å². The van der Waals surface area contributed by atoms with Gasteiger partial charge in [-0.1, -0.05) is 30.3 Å². The summed E-state index contributed by atoms with van der Waals surface area (Å²) in [5.41, 5.74) is 6.34. The number of hydrogen-bond donors (Lipinski definition) is 1. The highest BCUT2D eigenvalue weighted by atomic mass is 16.7. The van der Waals surface area contributed by atoms with Gasteiger partial charge in [-0.15, -0.1) is 0 Å². The lowest BCUT2D eigenvalue weighted by Crippen LogP contribution is -2.22. The lowest BCUT2D eigenvalue weighted by Gasteiger charge is -2.07. The zero-order valence-corrected chi connectivity index (χ0v) is 11.1. The molecule has 0 aliphatic carbocycles. The van der Waals surface area contributed by atoms with Crippen LogP contribution in [0.25, 0.3) is 10.9 Å². The van der Waals surface area contributed by atoms with Gasteiger partial charge in [0.1, 0.15) is 17.9 Å². The molecule has 0 aliphatic rings. The number of benzene rings is 1. The van der Waals surface area contributed by atoms with Crippen LogP contribution in [0.2, 0.25) is 0 Å². The molecule has 1 heterocycles. The number of ether oxygens (including phenoxy) is 1. The highest BCUT2D eigenvalue weighted by Crippen LogP contribution is 2.22. The summed E-state index contributed by atoms with van der Waals surface area (Å²) in [6, 6.07) is 9.39. The monoisotopic (exact) mass is 273 g/mol. The van der Waals surface area contributed by atoms with E-state index in [0.29, 0.717) is 5.75 Å². The minimum Gasteiger partial charge on any atom is -0.483 e. The first-order chi connectivity index (χ1) is 9.70. The lowest BCUT2D eigenvalue weighted by molar-refractivity contribution is -0.143. The Labute approximate surface area is 116 Å². The minimum absolute atomic E-state index is 0.0205. The first-order valence-corrected chi connectivity index (χ1v) is 6.19. The molecule has 0 spiro atoms. The maximum absolute atomic E-state index is 10.9. The predicted octanol–water partition coefficient (Wildman–Crippen LogP) is 1.84. The van der Waals surface area contributed by atoms with Crippen LogP contribution in [-0.4, -0.2) is 23.4 Å². The fraction of sp³-hybridized carbons (Fsp3) is 0.214. The number of aromatic nitrogens is 1. The first kappa shape index (κ1) is 13.8. The number of hydrogen-bond acceptors (Lipinski definition) is 5. The van der Waals surface area contributed by atoms with Crippen molar-refractivity contribution in [3.8, 4) is 5.75 Å². The van der Waals surface area contributed by atoms with Gasteiger partial charge in [-0.3, -0.25) is 4.98 Å². The van der Waals surface area contributed by atoms with Gasteiger partial charge < -0.3 is 15.3 Å². The van der Waals surface area contributed by atoms with Gasteiger partial charge in [0.25, 0.3) is 0 Å². The van der Waals surface area contributed by atoms with E-state index in [1.54, 1.807) is 19.2 Å². The Hall–Kier alpha value is -2.63. The highest BCUT2D eigenvalue weighted by molar-refractivity contribution is 5.86. The topological polar surface area (TPSA) is 86.8 Å². The number of amidine groups is 1. The molecule has 0 fully saturated rings. The van der Waals surface area contributed by atoms with Crippen molar-refractivity contribution in [2.45, 2.75) is 13.3 Å². The SMILES string of the molecule is CCC(=O)ON=C(N)COc1cccc2cccnc12. The third kappa shape index (κ3) is 3.44. The van der Waals surface area contributed by atoms with Crippen molar-refractivity contribution in [2.75, 3.05) is 6.61 Å². The Morgan fingerprint density at radius 1 is 1.35 bits per heavy atom. The summed E-state index contributed by atoms with van der Waals surface area (Å²) in [6.45, 7) is 1.69. The summed E-state index contributed by atoms with van der Waals surface area (Å²) >= 11 is 0. The third-order valence-corrected chi connectivity index (χ3v) is 2.52. The molecule has 1 aromatic heterocycles. The largest absolute Gasteiger partial charge is 0.483 e. The average Bonchev–Trinajstić information content (AvgIpc) is 2.50. The van der Waals surface area contributed by atoms with Crippen LogP contribution in [-0.2, 0) is 9.63 Å². The van der Waals surface area contributed by atoms with Crippen molar-refractivity contribution in [1.29, 1.82) is 0 Å². The second kappa shape index (κ2) is 6.51. The van der Waals surface area contributed by atoms with E-state index in [9.17, 15) is 4.79 Å². The molecule has 0 amide bonds. The molecule has 0 saturated carbocycles. The molecule has 6 nitrogen and oxygen atoms in total. The van der Waals surface area contributed by atoms with Crippen molar-refractivity contribution in [1.82, 2.24) is 4.98 Å². The number of rotatable bonds is 5. The Bertz CT molecular complexity index is 635. The Morgan fingerprint density at radius 3 is 2.95 bits per heavy atom. The Morgan fingerprint density at radius 2 is 2.15 bits per heavy atom. The zero-order chi connectivity index (χ0) is 14.4. The van der Waals surface area contributed by atoms with Crippen molar-refractivity contribution in [2.24, 2.45) is 10.9 Å². The summed E-state index contributed by atoms with van der Waals surface area (Å²) in [5.74, 6) is 0.238. The normalized spacial score (nSPS) is 11.3. The van der Waals surface area contributed by atoms with Crippen molar-refractivity contribution < 1.29 is 14.4 Å². The summed E-state index contributed by atoms with van der Waals surface area (Å²) < 4.78 is 5.54. The predicted molar refractivity (Wildman–Crippen MR) is 75.2 cm³/mol. The number of nitrogens with zero attached hydrogens (tertiary/aromatic N) is 2. The smallest absolute Gasteiger partial charge is 0.334 e.